The molecule has 6 atom stereocenters. The van der Waals surface area contributed by atoms with Crippen molar-refractivity contribution in [3.63, 3.8) is 0 Å². The lowest BCUT2D eigenvalue weighted by Crippen LogP contribution is -2.52. The number of hydrogen-bond acceptors (Lipinski definition) is 6. The van der Waals surface area contributed by atoms with Gasteiger partial charge in [-0.25, -0.2) is 4.98 Å². The van der Waals surface area contributed by atoms with Gasteiger partial charge in [0.25, 0.3) is 0 Å². The lowest BCUT2D eigenvalue weighted by Gasteiger charge is -2.51. The monoisotopic (exact) mass is 411 g/mol. The lowest BCUT2D eigenvalue weighted by atomic mass is 9.53. The van der Waals surface area contributed by atoms with Gasteiger partial charge in [-0.1, -0.05) is 13.0 Å². The predicted octanol–water partition coefficient (Wildman–Crippen LogP) is 2.73. The van der Waals surface area contributed by atoms with Gasteiger partial charge in [-0.05, 0) is 55.6 Å². The molecule has 5 aliphatic rings. The molecular weight excluding hydrogens is 378 g/mol. The molecular formula is C24H33N3O3. The first kappa shape index (κ1) is 19.1. The second-order valence-corrected chi connectivity index (χ2v) is 10.6. The van der Waals surface area contributed by atoms with E-state index >= 15 is 0 Å². The van der Waals surface area contributed by atoms with Gasteiger partial charge in [0.15, 0.2) is 0 Å². The molecule has 0 unspecified atom stereocenters. The van der Waals surface area contributed by atoms with Crippen LogP contribution in [0, 0.1) is 23.2 Å². The Morgan fingerprint density at radius 2 is 2.03 bits per heavy atom. The molecule has 0 radical (unpaired) electrons. The molecule has 0 aromatic carbocycles. The molecule has 0 bridgehead atoms. The Bertz CT molecular complexity index is 805. The third kappa shape index (κ3) is 3.06. The van der Waals surface area contributed by atoms with Gasteiger partial charge in [0, 0.05) is 44.8 Å². The quantitative estimate of drug-likeness (QED) is 0.563. The standard InChI is InChI=1S/C24H33N3O3/c1-23-6-4-7-24(16-29-24)20(23)13-17-18(22(28)30-19(17)14-23)15-26-9-11-27(12-10-26)21-5-2-3-8-25-21/h2-3,5,8,17-20H,4,6-7,9-16H2,1H3/t17-,18+,19+,20+,23+,24+/m0/s1. The van der Waals surface area contributed by atoms with Crippen LogP contribution in [0.5, 0.6) is 0 Å². The smallest absolute Gasteiger partial charge is 0.310 e. The van der Waals surface area contributed by atoms with Crippen molar-refractivity contribution in [3.05, 3.63) is 24.4 Å². The summed E-state index contributed by atoms with van der Waals surface area (Å²) in [5, 5.41) is 0. The third-order valence-corrected chi connectivity index (χ3v) is 8.88. The molecule has 4 heterocycles. The Hall–Kier alpha value is -1.66. The van der Waals surface area contributed by atoms with Crippen molar-refractivity contribution in [3.8, 4) is 0 Å². The summed E-state index contributed by atoms with van der Waals surface area (Å²) in [4.78, 5) is 22.2. The van der Waals surface area contributed by atoms with Crippen LogP contribution in [0.1, 0.15) is 39.0 Å². The summed E-state index contributed by atoms with van der Waals surface area (Å²) in [6.45, 7) is 8.08. The van der Waals surface area contributed by atoms with Gasteiger partial charge in [0.05, 0.1) is 18.1 Å². The fraction of sp³-hybridized carbons (Fsp3) is 0.750. The molecule has 3 saturated heterocycles. The Morgan fingerprint density at radius 1 is 1.20 bits per heavy atom. The number of fused-ring (bicyclic) bond motifs is 3. The van der Waals surface area contributed by atoms with Crippen molar-refractivity contribution in [1.82, 2.24) is 9.88 Å². The van der Waals surface area contributed by atoms with Crippen molar-refractivity contribution in [2.75, 3.05) is 44.2 Å². The summed E-state index contributed by atoms with van der Waals surface area (Å²) in [5.74, 6) is 2.08. The van der Waals surface area contributed by atoms with Crippen LogP contribution in [0.3, 0.4) is 0 Å². The van der Waals surface area contributed by atoms with E-state index in [-0.39, 0.29) is 29.0 Å². The average Bonchev–Trinajstić information content (AvgIpc) is 3.46. The fourth-order valence-electron chi connectivity index (χ4n) is 7.14. The molecule has 6 heteroatoms. The summed E-state index contributed by atoms with van der Waals surface area (Å²) in [6, 6.07) is 6.08. The van der Waals surface area contributed by atoms with Crippen LogP contribution in [-0.4, -0.2) is 66.9 Å². The molecule has 1 aromatic heterocycles. The second kappa shape index (κ2) is 6.92. The maximum Gasteiger partial charge on any atom is 0.310 e. The number of rotatable bonds is 3. The number of epoxide rings is 1. The van der Waals surface area contributed by atoms with E-state index < -0.39 is 0 Å². The highest BCUT2D eigenvalue weighted by atomic mass is 16.6. The molecule has 0 amide bonds. The number of pyridine rings is 1. The SMILES string of the molecule is C[C@]12CCC[C@@]3(CO3)[C@@H]1C[C@@H]1[C@@H](C2)OC(=O)[C@@H]1CN1CCN(c2ccccn2)CC1. The zero-order chi connectivity index (χ0) is 20.3. The number of aromatic nitrogens is 1. The number of piperazine rings is 1. The zero-order valence-corrected chi connectivity index (χ0v) is 18.0. The Kier molecular flexibility index (Phi) is 4.40. The van der Waals surface area contributed by atoms with Gasteiger partial charge in [0.1, 0.15) is 11.9 Å². The van der Waals surface area contributed by atoms with Crippen molar-refractivity contribution in [1.29, 1.82) is 0 Å². The van der Waals surface area contributed by atoms with Crippen LogP contribution in [0.15, 0.2) is 24.4 Å². The molecule has 1 aromatic rings. The molecule has 6 nitrogen and oxygen atoms in total. The second-order valence-electron chi connectivity index (χ2n) is 10.6. The molecule has 2 aliphatic carbocycles. The molecule has 6 rings (SSSR count). The van der Waals surface area contributed by atoms with E-state index in [2.05, 4.69) is 27.8 Å². The number of anilines is 1. The average molecular weight is 412 g/mol. The minimum absolute atomic E-state index is 0.0266. The zero-order valence-electron chi connectivity index (χ0n) is 18.0. The van der Waals surface area contributed by atoms with Crippen molar-refractivity contribution < 1.29 is 14.3 Å². The topological polar surface area (TPSA) is 58.2 Å². The van der Waals surface area contributed by atoms with E-state index in [0.29, 0.717) is 11.8 Å². The first-order chi connectivity index (χ1) is 14.6. The van der Waals surface area contributed by atoms with Gasteiger partial charge >= 0.3 is 5.97 Å². The first-order valence-corrected chi connectivity index (χ1v) is 11.8. The van der Waals surface area contributed by atoms with Crippen LogP contribution in [0.2, 0.25) is 0 Å². The highest BCUT2D eigenvalue weighted by molar-refractivity contribution is 5.75. The highest BCUT2D eigenvalue weighted by Gasteiger charge is 2.65. The third-order valence-electron chi connectivity index (χ3n) is 8.88. The van der Waals surface area contributed by atoms with Crippen molar-refractivity contribution >= 4 is 11.8 Å². The lowest BCUT2D eigenvalue weighted by molar-refractivity contribution is -0.147. The summed E-state index contributed by atoms with van der Waals surface area (Å²) >= 11 is 0. The minimum Gasteiger partial charge on any atom is -0.462 e. The van der Waals surface area contributed by atoms with Crippen molar-refractivity contribution in [2.24, 2.45) is 23.2 Å². The van der Waals surface area contributed by atoms with Crippen molar-refractivity contribution in [2.45, 2.75) is 50.7 Å². The number of nitrogens with zero attached hydrogens (tertiary/aromatic N) is 3. The first-order valence-electron chi connectivity index (χ1n) is 11.8. The highest BCUT2D eigenvalue weighted by Crippen LogP contribution is 2.62. The summed E-state index contributed by atoms with van der Waals surface area (Å²) in [7, 11) is 0. The summed E-state index contributed by atoms with van der Waals surface area (Å²) < 4.78 is 12.0. The molecule has 2 saturated carbocycles. The van der Waals surface area contributed by atoms with Gasteiger partial charge in [0.2, 0.25) is 0 Å². The van der Waals surface area contributed by atoms with Gasteiger partial charge in [-0.15, -0.1) is 0 Å². The number of carbonyl (C=O) groups excluding carboxylic acids is 1. The minimum atomic E-state index is 0.0266. The van der Waals surface area contributed by atoms with E-state index in [1.165, 1.54) is 19.3 Å². The molecule has 1 spiro atoms. The van der Waals surface area contributed by atoms with E-state index in [0.717, 1.165) is 58.0 Å². The van der Waals surface area contributed by atoms with Crippen LogP contribution < -0.4 is 4.90 Å². The van der Waals surface area contributed by atoms with E-state index in [1.807, 2.05) is 18.3 Å². The van der Waals surface area contributed by atoms with Crippen LogP contribution in [-0.2, 0) is 14.3 Å². The molecule has 30 heavy (non-hydrogen) atoms. The van der Waals surface area contributed by atoms with E-state index in [1.54, 1.807) is 0 Å². The largest absolute Gasteiger partial charge is 0.462 e. The van der Waals surface area contributed by atoms with E-state index in [4.69, 9.17) is 9.47 Å². The normalized spacial score (nSPS) is 43.2. The molecule has 0 N–H and O–H groups in total. The molecule has 5 fully saturated rings. The van der Waals surface area contributed by atoms with Crippen LogP contribution in [0.25, 0.3) is 0 Å². The summed E-state index contributed by atoms with van der Waals surface area (Å²) in [5.41, 5.74) is 0.405. The molecule has 162 valence electrons. The van der Waals surface area contributed by atoms with Gasteiger partial charge in [-0.2, -0.15) is 0 Å². The Morgan fingerprint density at radius 3 is 2.77 bits per heavy atom. The number of hydrogen-bond donors (Lipinski definition) is 0. The fourth-order valence-corrected chi connectivity index (χ4v) is 7.14. The maximum absolute atomic E-state index is 12.9. The van der Waals surface area contributed by atoms with Crippen LogP contribution >= 0.6 is 0 Å². The van der Waals surface area contributed by atoms with Crippen LogP contribution in [0.4, 0.5) is 5.82 Å². The van der Waals surface area contributed by atoms with Gasteiger partial charge in [-0.3, -0.25) is 9.69 Å². The number of esters is 1. The predicted molar refractivity (Wildman–Crippen MR) is 113 cm³/mol. The molecule has 3 aliphatic heterocycles. The summed E-state index contributed by atoms with van der Waals surface area (Å²) in [6.07, 6.45) is 7.82. The number of carbonyl (C=O) groups is 1. The Labute approximate surface area is 178 Å². The Balaban J connectivity index is 1.12. The van der Waals surface area contributed by atoms with E-state index in [9.17, 15) is 4.79 Å². The maximum atomic E-state index is 12.9. The van der Waals surface area contributed by atoms with Gasteiger partial charge < -0.3 is 14.4 Å². The number of ether oxygens (including phenoxy) is 2.